The topological polar surface area (TPSA) is 41.1 Å². The van der Waals surface area contributed by atoms with E-state index in [1.54, 1.807) is 0 Å². The van der Waals surface area contributed by atoms with E-state index in [2.05, 4.69) is 22.8 Å². The summed E-state index contributed by atoms with van der Waals surface area (Å²) >= 11 is 5.81. The molecule has 21 heavy (non-hydrogen) atoms. The Kier molecular flexibility index (Phi) is 6.10. The average Bonchev–Trinajstić information content (AvgIpc) is 2.52. The molecule has 2 rings (SSSR count). The van der Waals surface area contributed by atoms with Gasteiger partial charge in [-0.3, -0.25) is 0 Å². The fraction of sp³-hybridized carbons (Fsp3) is 0.235. The molecule has 2 amide bonds. The van der Waals surface area contributed by atoms with Crippen molar-refractivity contribution in [2.75, 3.05) is 6.54 Å². The second kappa shape index (κ2) is 8.32. The van der Waals surface area contributed by atoms with Gasteiger partial charge in [0.2, 0.25) is 0 Å². The lowest BCUT2D eigenvalue weighted by atomic mass is 10.1. The first kappa shape index (κ1) is 15.4. The zero-order valence-corrected chi connectivity index (χ0v) is 12.6. The van der Waals surface area contributed by atoms with Gasteiger partial charge in [-0.2, -0.15) is 0 Å². The van der Waals surface area contributed by atoms with E-state index in [1.165, 1.54) is 5.56 Å². The molecule has 2 aromatic carbocycles. The summed E-state index contributed by atoms with van der Waals surface area (Å²) in [5, 5.41) is 6.38. The molecule has 2 N–H and O–H groups in total. The van der Waals surface area contributed by atoms with Crippen LogP contribution in [0.1, 0.15) is 17.5 Å². The summed E-state index contributed by atoms with van der Waals surface area (Å²) in [4.78, 5) is 11.6. The van der Waals surface area contributed by atoms with E-state index >= 15 is 0 Å². The highest BCUT2D eigenvalue weighted by molar-refractivity contribution is 6.30. The third-order valence-corrected chi connectivity index (χ3v) is 3.39. The number of rotatable bonds is 6. The number of amides is 2. The summed E-state index contributed by atoms with van der Waals surface area (Å²) in [5.74, 6) is 0. The van der Waals surface area contributed by atoms with Crippen LogP contribution in [-0.2, 0) is 13.0 Å². The first-order valence-electron chi connectivity index (χ1n) is 7.04. The van der Waals surface area contributed by atoms with Crippen molar-refractivity contribution in [1.29, 1.82) is 0 Å². The third kappa shape index (κ3) is 5.88. The molecule has 0 saturated heterocycles. The second-order valence-corrected chi connectivity index (χ2v) is 5.26. The first-order valence-corrected chi connectivity index (χ1v) is 7.42. The van der Waals surface area contributed by atoms with Crippen LogP contribution < -0.4 is 10.6 Å². The van der Waals surface area contributed by atoms with E-state index in [4.69, 9.17) is 11.6 Å². The van der Waals surface area contributed by atoms with Gasteiger partial charge >= 0.3 is 6.03 Å². The van der Waals surface area contributed by atoms with E-state index in [1.807, 2.05) is 42.5 Å². The van der Waals surface area contributed by atoms with Crippen LogP contribution >= 0.6 is 11.6 Å². The maximum atomic E-state index is 11.6. The molecular formula is C17H19ClN2O. The highest BCUT2D eigenvalue weighted by atomic mass is 35.5. The van der Waals surface area contributed by atoms with Gasteiger partial charge in [0, 0.05) is 18.1 Å². The molecule has 0 radical (unpaired) electrons. The Morgan fingerprint density at radius 3 is 2.33 bits per heavy atom. The van der Waals surface area contributed by atoms with Crippen molar-refractivity contribution in [2.45, 2.75) is 19.4 Å². The number of nitrogens with one attached hydrogen (secondary N) is 2. The van der Waals surface area contributed by atoms with Crippen molar-refractivity contribution in [3.8, 4) is 0 Å². The van der Waals surface area contributed by atoms with Gasteiger partial charge in [-0.1, -0.05) is 54.1 Å². The maximum Gasteiger partial charge on any atom is 0.315 e. The summed E-state index contributed by atoms with van der Waals surface area (Å²) in [6, 6.07) is 17.6. The van der Waals surface area contributed by atoms with Crippen molar-refractivity contribution in [1.82, 2.24) is 10.6 Å². The standard InChI is InChI=1S/C17H19ClN2O/c18-16-10-8-15(9-11-16)13-20-17(21)19-12-4-7-14-5-2-1-3-6-14/h1-3,5-6,8-11H,4,7,12-13H2,(H2,19,20,21). The monoisotopic (exact) mass is 302 g/mol. The van der Waals surface area contributed by atoms with Crippen LogP contribution in [0.15, 0.2) is 54.6 Å². The summed E-state index contributed by atoms with van der Waals surface area (Å²) in [6.07, 6.45) is 1.90. The molecule has 0 aliphatic rings. The molecule has 3 nitrogen and oxygen atoms in total. The first-order chi connectivity index (χ1) is 10.2. The van der Waals surface area contributed by atoms with Crippen molar-refractivity contribution in [3.63, 3.8) is 0 Å². The van der Waals surface area contributed by atoms with Gasteiger partial charge < -0.3 is 10.6 Å². The van der Waals surface area contributed by atoms with E-state index < -0.39 is 0 Å². The Bertz CT molecular complexity index is 555. The molecule has 2 aromatic rings. The number of hydrogen-bond acceptors (Lipinski definition) is 1. The quantitative estimate of drug-likeness (QED) is 0.784. The number of benzene rings is 2. The smallest absolute Gasteiger partial charge is 0.315 e. The van der Waals surface area contributed by atoms with Gasteiger partial charge in [-0.05, 0) is 36.1 Å². The molecular weight excluding hydrogens is 284 g/mol. The van der Waals surface area contributed by atoms with Gasteiger partial charge in [-0.15, -0.1) is 0 Å². The van der Waals surface area contributed by atoms with Crippen molar-refractivity contribution >= 4 is 17.6 Å². The molecule has 0 fully saturated rings. The Balaban J connectivity index is 1.60. The molecule has 0 aromatic heterocycles. The van der Waals surface area contributed by atoms with Crippen molar-refractivity contribution in [2.24, 2.45) is 0 Å². The average molecular weight is 303 g/mol. The number of urea groups is 1. The predicted octanol–water partition coefficient (Wildman–Crippen LogP) is 3.77. The highest BCUT2D eigenvalue weighted by Crippen LogP contribution is 2.09. The van der Waals surface area contributed by atoms with Crippen LogP contribution in [0.5, 0.6) is 0 Å². The van der Waals surface area contributed by atoms with Crippen molar-refractivity contribution in [3.05, 3.63) is 70.7 Å². The minimum atomic E-state index is -0.141. The molecule has 0 bridgehead atoms. The summed E-state index contributed by atoms with van der Waals surface area (Å²) in [7, 11) is 0. The number of carbonyl (C=O) groups is 1. The van der Waals surface area contributed by atoms with Gasteiger partial charge in [0.1, 0.15) is 0 Å². The fourth-order valence-electron chi connectivity index (χ4n) is 1.99. The van der Waals surface area contributed by atoms with Crippen LogP contribution in [-0.4, -0.2) is 12.6 Å². The number of halogens is 1. The Hall–Kier alpha value is -2.00. The van der Waals surface area contributed by atoms with Crippen molar-refractivity contribution < 1.29 is 4.79 Å². The number of hydrogen-bond donors (Lipinski definition) is 2. The van der Waals surface area contributed by atoms with Crippen LogP contribution in [0.4, 0.5) is 4.79 Å². The Morgan fingerprint density at radius 2 is 1.62 bits per heavy atom. The van der Waals surface area contributed by atoms with E-state index in [-0.39, 0.29) is 6.03 Å². The van der Waals surface area contributed by atoms with Gasteiger partial charge in [0.05, 0.1) is 0 Å². The minimum absolute atomic E-state index is 0.141. The normalized spacial score (nSPS) is 10.1. The predicted molar refractivity (Wildman–Crippen MR) is 86.5 cm³/mol. The lowest BCUT2D eigenvalue weighted by Crippen LogP contribution is -2.35. The maximum absolute atomic E-state index is 11.6. The van der Waals surface area contributed by atoms with E-state index in [9.17, 15) is 4.79 Å². The van der Waals surface area contributed by atoms with Crippen LogP contribution in [0.25, 0.3) is 0 Å². The zero-order valence-electron chi connectivity index (χ0n) is 11.8. The summed E-state index contributed by atoms with van der Waals surface area (Å²) < 4.78 is 0. The molecule has 110 valence electrons. The molecule has 0 unspecified atom stereocenters. The second-order valence-electron chi connectivity index (χ2n) is 4.83. The zero-order chi connectivity index (χ0) is 14.9. The summed E-state index contributed by atoms with van der Waals surface area (Å²) in [6.45, 7) is 1.17. The van der Waals surface area contributed by atoms with Gasteiger partial charge in [0.25, 0.3) is 0 Å². The van der Waals surface area contributed by atoms with Gasteiger partial charge in [0.15, 0.2) is 0 Å². The molecule has 0 atom stereocenters. The SMILES string of the molecule is O=C(NCCCc1ccccc1)NCc1ccc(Cl)cc1. The summed E-state index contributed by atoms with van der Waals surface area (Å²) in [5.41, 5.74) is 2.32. The minimum Gasteiger partial charge on any atom is -0.338 e. The molecule has 0 heterocycles. The van der Waals surface area contributed by atoms with Crippen LogP contribution in [0, 0.1) is 0 Å². The lowest BCUT2D eigenvalue weighted by molar-refractivity contribution is 0.240. The Morgan fingerprint density at radius 1 is 0.905 bits per heavy atom. The van der Waals surface area contributed by atoms with Gasteiger partial charge in [-0.25, -0.2) is 4.79 Å². The third-order valence-electron chi connectivity index (χ3n) is 3.14. The largest absolute Gasteiger partial charge is 0.338 e. The Labute approximate surface area is 130 Å². The van der Waals surface area contributed by atoms with E-state index in [0.29, 0.717) is 18.1 Å². The highest BCUT2D eigenvalue weighted by Gasteiger charge is 2.00. The lowest BCUT2D eigenvalue weighted by Gasteiger charge is -2.08. The van der Waals surface area contributed by atoms with Crippen LogP contribution in [0.3, 0.4) is 0 Å². The van der Waals surface area contributed by atoms with E-state index in [0.717, 1.165) is 18.4 Å². The fourth-order valence-corrected chi connectivity index (χ4v) is 2.11. The molecule has 0 spiro atoms. The molecule has 0 aliphatic carbocycles. The number of carbonyl (C=O) groups excluding carboxylic acids is 1. The number of aryl methyl sites for hydroxylation is 1. The van der Waals surface area contributed by atoms with Crippen LogP contribution in [0.2, 0.25) is 5.02 Å². The molecule has 0 saturated carbocycles. The molecule has 4 heteroatoms. The molecule has 0 aliphatic heterocycles.